The molecular formula is C16H30O4. The Morgan fingerprint density at radius 3 is 2.05 bits per heavy atom. The SMILES string of the molecule is CCCCCCCOC(=O)CCCCC(=O)OC(C)C. The maximum atomic E-state index is 11.4. The van der Waals surface area contributed by atoms with Crippen LogP contribution in [-0.2, 0) is 19.1 Å². The normalized spacial score (nSPS) is 10.6. The molecule has 0 saturated carbocycles. The van der Waals surface area contributed by atoms with Crippen LogP contribution in [0.2, 0.25) is 0 Å². The second-order valence-corrected chi connectivity index (χ2v) is 5.38. The number of carbonyl (C=O) groups excluding carboxylic acids is 2. The second kappa shape index (κ2) is 12.9. The van der Waals surface area contributed by atoms with Crippen molar-refractivity contribution in [3.63, 3.8) is 0 Å². The van der Waals surface area contributed by atoms with Crippen molar-refractivity contribution in [1.82, 2.24) is 0 Å². The highest BCUT2D eigenvalue weighted by molar-refractivity contribution is 5.70. The molecule has 4 nitrogen and oxygen atoms in total. The van der Waals surface area contributed by atoms with Gasteiger partial charge in [-0.25, -0.2) is 0 Å². The molecule has 0 N–H and O–H groups in total. The van der Waals surface area contributed by atoms with Gasteiger partial charge < -0.3 is 9.47 Å². The Morgan fingerprint density at radius 1 is 0.850 bits per heavy atom. The van der Waals surface area contributed by atoms with Crippen LogP contribution in [0.3, 0.4) is 0 Å². The van der Waals surface area contributed by atoms with Gasteiger partial charge in [-0.1, -0.05) is 32.6 Å². The van der Waals surface area contributed by atoms with Gasteiger partial charge in [0.2, 0.25) is 0 Å². The molecule has 0 atom stereocenters. The summed E-state index contributed by atoms with van der Waals surface area (Å²) in [4.78, 5) is 22.7. The van der Waals surface area contributed by atoms with Crippen LogP contribution in [0.1, 0.15) is 78.6 Å². The van der Waals surface area contributed by atoms with E-state index in [1.807, 2.05) is 13.8 Å². The zero-order valence-corrected chi connectivity index (χ0v) is 13.3. The van der Waals surface area contributed by atoms with Gasteiger partial charge in [0.05, 0.1) is 12.7 Å². The van der Waals surface area contributed by atoms with Crippen molar-refractivity contribution >= 4 is 11.9 Å². The fraction of sp³-hybridized carbons (Fsp3) is 0.875. The van der Waals surface area contributed by atoms with E-state index < -0.39 is 0 Å². The molecule has 0 rings (SSSR count). The summed E-state index contributed by atoms with van der Waals surface area (Å²) in [5.41, 5.74) is 0. The summed E-state index contributed by atoms with van der Waals surface area (Å²) in [5.74, 6) is -0.345. The molecule has 0 aromatic heterocycles. The minimum Gasteiger partial charge on any atom is -0.466 e. The van der Waals surface area contributed by atoms with Crippen LogP contribution in [0.25, 0.3) is 0 Å². The average Bonchev–Trinajstić information content (AvgIpc) is 2.38. The molecule has 20 heavy (non-hydrogen) atoms. The molecule has 118 valence electrons. The van der Waals surface area contributed by atoms with Crippen LogP contribution in [0.15, 0.2) is 0 Å². The van der Waals surface area contributed by atoms with Crippen molar-refractivity contribution in [2.24, 2.45) is 0 Å². The van der Waals surface area contributed by atoms with Gasteiger partial charge in [-0.2, -0.15) is 0 Å². The minimum absolute atomic E-state index is 0.0693. The highest BCUT2D eigenvalue weighted by Crippen LogP contribution is 2.06. The molecule has 0 amide bonds. The molecule has 0 bridgehead atoms. The Morgan fingerprint density at radius 2 is 1.45 bits per heavy atom. The van der Waals surface area contributed by atoms with Gasteiger partial charge in [-0.05, 0) is 33.1 Å². The van der Waals surface area contributed by atoms with Crippen LogP contribution in [-0.4, -0.2) is 24.6 Å². The van der Waals surface area contributed by atoms with Gasteiger partial charge in [0.1, 0.15) is 0 Å². The first-order valence-corrected chi connectivity index (χ1v) is 7.91. The molecule has 0 aromatic carbocycles. The van der Waals surface area contributed by atoms with Crippen molar-refractivity contribution in [3.8, 4) is 0 Å². The molecule has 0 saturated heterocycles. The average molecular weight is 286 g/mol. The van der Waals surface area contributed by atoms with Crippen molar-refractivity contribution in [3.05, 3.63) is 0 Å². The highest BCUT2D eigenvalue weighted by atomic mass is 16.5. The Kier molecular flexibility index (Phi) is 12.3. The first kappa shape index (κ1) is 18.9. The molecule has 0 fully saturated rings. The van der Waals surface area contributed by atoms with Gasteiger partial charge in [-0.15, -0.1) is 0 Å². The standard InChI is InChI=1S/C16H30O4/c1-4-5-6-7-10-13-19-15(17)11-8-9-12-16(18)20-14(2)3/h14H,4-13H2,1-3H3. The third kappa shape index (κ3) is 13.4. The lowest BCUT2D eigenvalue weighted by molar-refractivity contribution is -0.148. The summed E-state index contributed by atoms with van der Waals surface area (Å²) < 4.78 is 10.2. The zero-order valence-electron chi connectivity index (χ0n) is 13.3. The number of hydrogen-bond donors (Lipinski definition) is 0. The van der Waals surface area contributed by atoms with E-state index in [0.29, 0.717) is 32.3 Å². The monoisotopic (exact) mass is 286 g/mol. The van der Waals surface area contributed by atoms with Crippen molar-refractivity contribution in [2.75, 3.05) is 6.61 Å². The summed E-state index contributed by atoms with van der Waals surface area (Å²) in [6.45, 7) is 6.36. The van der Waals surface area contributed by atoms with Gasteiger partial charge in [0.15, 0.2) is 0 Å². The summed E-state index contributed by atoms with van der Waals surface area (Å²) >= 11 is 0. The predicted octanol–water partition coefficient (Wildman–Crippen LogP) is 4.01. The fourth-order valence-electron chi connectivity index (χ4n) is 1.82. The van der Waals surface area contributed by atoms with Gasteiger partial charge in [0, 0.05) is 12.8 Å². The van der Waals surface area contributed by atoms with E-state index >= 15 is 0 Å². The number of rotatable bonds is 12. The van der Waals surface area contributed by atoms with Crippen LogP contribution in [0, 0.1) is 0 Å². The Labute approximate surface area is 123 Å². The number of esters is 2. The maximum absolute atomic E-state index is 11.4. The quantitative estimate of drug-likeness (QED) is 0.402. The van der Waals surface area contributed by atoms with E-state index in [4.69, 9.17) is 9.47 Å². The van der Waals surface area contributed by atoms with Crippen LogP contribution >= 0.6 is 0 Å². The van der Waals surface area contributed by atoms with Gasteiger partial charge in [-0.3, -0.25) is 9.59 Å². The molecule has 0 unspecified atom stereocenters. The minimum atomic E-state index is -0.190. The third-order valence-corrected chi connectivity index (χ3v) is 2.89. The zero-order chi connectivity index (χ0) is 15.2. The molecule has 0 radical (unpaired) electrons. The molecule has 4 heteroatoms. The van der Waals surface area contributed by atoms with E-state index in [0.717, 1.165) is 12.8 Å². The lowest BCUT2D eigenvalue weighted by Gasteiger charge is -2.07. The Bertz CT molecular complexity index is 261. The van der Waals surface area contributed by atoms with Gasteiger partial charge >= 0.3 is 11.9 Å². The molecule has 0 aromatic rings. The molecule has 0 aliphatic carbocycles. The number of unbranched alkanes of at least 4 members (excludes halogenated alkanes) is 5. The summed E-state index contributed by atoms with van der Waals surface area (Å²) in [6, 6.07) is 0. The lowest BCUT2D eigenvalue weighted by Crippen LogP contribution is -2.11. The van der Waals surface area contributed by atoms with E-state index in [9.17, 15) is 9.59 Å². The van der Waals surface area contributed by atoms with Crippen molar-refractivity contribution < 1.29 is 19.1 Å². The Balaban J connectivity index is 3.34. The highest BCUT2D eigenvalue weighted by Gasteiger charge is 2.07. The summed E-state index contributed by atoms with van der Waals surface area (Å²) in [5, 5.41) is 0. The van der Waals surface area contributed by atoms with Crippen LogP contribution < -0.4 is 0 Å². The van der Waals surface area contributed by atoms with E-state index in [2.05, 4.69) is 6.92 Å². The van der Waals surface area contributed by atoms with Gasteiger partial charge in [0.25, 0.3) is 0 Å². The van der Waals surface area contributed by atoms with Crippen molar-refractivity contribution in [1.29, 1.82) is 0 Å². The van der Waals surface area contributed by atoms with Crippen molar-refractivity contribution in [2.45, 2.75) is 84.7 Å². The smallest absolute Gasteiger partial charge is 0.306 e. The number of carbonyl (C=O) groups is 2. The first-order chi connectivity index (χ1) is 9.56. The van der Waals surface area contributed by atoms with E-state index in [-0.39, 0.29) is 18.0 Å². The largest absolute Gasteiger partial charge is 0.466 e. The van der Waals surface area contributed by atoms with Crippen LogP contribution in [0.5, 0.6) is 0 Å². The predicted molar refractivity (Wildman–Crippen MR) is 79.4 cm³/mol. The molecule has 0 aliphatic rings. The maximum Gasteiger partial charge on any atom is 0.306 e. The van der Waals surface area contributed by atoms with E-state index in [1.165, 1.54) is 19.3 Å². The van der Waals surface area contributed by atoms with E-state index in [1.54, 1.807) is 0 Å². The second-order valence-electron chi connectivity index (χ2n) is 5.38. The molecular weight excluding hydrogens is 256 g/mol. The topological polar surface area (TPSA) is 52.6 Å². The van der Waals surface area contributed by atoms with Crippen LogP contribution in [0.4, 0.5) is 0 Å². The molecule has 0 aliphatic heterocycles. The number of ether oxygens (including phenoxy) is 2. The lowest BCUT2D eigenvalue weighted by atomic mass is 10.2. The molecule has 0 spiro atoms. The number of hydrogen-bond acceptors (Lipinski definition) is 4. The Hall–Kier alpha value is -1.06. The summed E-state index contributed by atoms with van der Waals surface area (Å²) in [6.07, 6.45) is 7.83. The summed E-state index contributed by atoms with van der Waals surface area (Å²) in [7, 11) is 0. The first-order valence-electron chi connectivity index (χ1n) is 7.91. The third-order valence-electron chi connectivity index (χ3n) is 2.89. The molecule has 0 heterocycles. The fourth-order valence-corrected chi connectivity index (χ4v) is 1.82.